The molecular weight excluding hydrogens is 388 g/mol. The maximum atomic E-state index is 13.3. The van der Waals surface area contributed by atoms with Gasteiger partial charge < -0.3 is 10.0 Å². The smallest absolute Gasteiger partial charge is 0.264 e. The van der Waals surface area contributed by atoms with Gasteiger partial charge in [-0.05, 0) is 42.8 Å². The van der Waals surface area contributed by atoms with Crippen molar-refractivity contribution in [3.63, 3.8) is 0 Å². The van der Waals surface area contributed by atoms with Crippen LogP contribution in [0.2, 0.25) is 5.02 Å². The van der Waals surface area contributed by atoms with E-state index in [2.05, 4.69) is 4.98 Å². The van der Waals surface area contributed by atoms with E-state index in [0.29, 0.717) is 21.8 Å². The number of carbonyl (C=O) groups is 2. The largest absolute Gasteiger partial charge is 0.375 e. The number of rotatable bonds is 5. The molecule has 1 N–H and O–H groups in total. The Morgan fingerprint density at radius 3 is 2.62 bits per heavy atom. The second kappa shape index (κ2) is 7.43. The van der Waals surface area contributed by atoms with Gasteiger partial charge in [0.15, 0.2) is 11.4 Å². The lowest BCUT2D eigenvalue weighted by Crippen LogP contribution is -2.41. The molecule has 146 valence electrons. The zero-order valence-electron chi connectivity index (χ0n) is 15.8. The van der Waals surface area contributed by atoms with Crippen molar-refractivity contribution in [2.24, 2.45) is 0 Å². The first-order valence-corrected chi connectivity index (χ1v) is 9.59. The number of amides is 1. The zero-order valence-corrected chi connectivity index (χ0v) is 16.6. The topological polar surface area (TPSA) is 70.5 Å². The summed E-state index contributed by atoms with van der Waals surface area (Å²) in [5.74, 6) is -0.898. The minimum absolute atomic E-state index is 0.289. The van der Waals surface area contributed by atoms with Crippen molar-refractivity contribution in [1.82, 2.24) is 4.98 Å². The van der Waals surface area contributed by atoms with Crippen LogP contribution in [-0.4, -0.2) is 21.8 Å². The number of hydrogen-bond acceptors (Lipinski definition) is 4. The molecule has 1 atom stereocenters. The van der Waals surface area contributed by atoms with Crippen molar-refractivity contribution < 1.29 is 14.7 Å². The van der Waals surface area contributed by atoms with Crippen LogP contribution in [-0.2, 0) is 16.9 Å². The number of carbonyl (C=O) groups excluding carboxylic acids is 2. The molecule has 6 heteroatoms. The zero-order chi connectivity index (χ0) is 20.6. The maximum Gasteiger partial charge on any atom is 0.264 e. The van der Waals surface area contributed by atoms with Crippen LogP contribution in [0, 0.1) is 6.92 Å². The fraction of sp³-hybridized carbons (Fsp3) is 0.174. The molecule has 2 aromatic carbocycles. The highest BCUT2D eigenvalue weighted by atomic mass is 35.5. The molecule has 0 saturated heterocycles. The second-order valence-corrected chi connectivity index (χ2v) is 7.68. The summed E-state index contributed by atoms with van der Waals surface area (Å²) in [7, 11) is 0. The summed E-state index contributed by atoms with van der Waals surface area (Å²) < 4.78 is 0. The predicted octanol–water partition coefficient (Wildman–Crippen LogP) is 4.05. The summed E-state index contributed by atoms with van der Waals surface area (Å²) in [4.78, 5) is 31.5. The van der Waals surface area contributed by atoms with Crippen LogP contribution in [0.25, 0.3) is 0 Å². The monoisotopic (exact) mass is 406 g/mol. The van der Waals surface area contributed by atoms with E-state index in [9.17, 15) is 14.7 Å². The number of aliphatic hydroxyl groups is 1. The third-order valence-corrected chi connectivity index (χ3v) is 5.39. The maximum absolute atomic E-state index is 13.3. The molecule has 2 heterocycles. The van der Waals surface area contributed by atoms with Gasteiger partial charge in [0.25, 0.3) is 5.91 Å². The van der Waals surface area contributed by atoms with Crippen molar-refractivity contribution >= 4 is 29.0 Å². The Labute approximate surface area is 173 Å². The molecule has 0 unspecified atom stereocenters. The first-order chi connectivity index (χ1) is 13.9. The van der Waals surface area contributed by atoms with Gasteiger partial charge in [0.2, 0.25) is 0 Å². The molecule has 1 aliphatic rings. The van der Waals surface area contributed by atoms with Crippen LogP contribution in [0.15, 0.2) is 67.0 Å². The number of hydrogen-bond donors (Lipinski definition) is 1. The van der Waals surface area contributed by atoms with Gasteiger partial charge in [-0.2, -0.15) is 0 Å². The molecule has 0 spiro atoms. The lowest BCUT2D eigenvalue weighted by Gasteiger charge is -2.23. The van der Waals surface area contributed by atoms with Gasteiger partial charge in [0.05, 0.1) is 18.7 Å². The van der Waals surface area contributed by atoms with Gasteiger partial charge in [-0.1, -0.05) is 41.4 Å². The molecule has 0 bridgehead atoms. The molecule has 3 aromatic rings. The van der Waals surface area contributed by atoms with Crippen LogP contribution >= 0.6 is 11.6 Å². The lowest BCUT2D eigenvalue weighted by atomic mass is 9.88. The third kappa shape index (κ3) is 3.55. The number of halogens is 1. The van der Waals surface area contributed by atoms with Crippen LogP contribution < -0.4 is 4.90 Å². The molecular formula is C23H19ClN2O3. The van der Waals surface area contributed by atoms with E-state index in [1.54, 1.807) is 36.5 Å². The highest BCUT2D eigenvalue weighted by Gasteiger charge is 2.51. The van der Waals surface area contributed by atoms with Crippen molar-refractivity contribution in [1.29, 1.82) is 0 Å². The summed E-state index contributed by atoms with van der Waals surface area (Å²) >= 11 is 6.14. The molecule has 0 saturated carbocycles. The van der Waals surface area contributed by atoms with E-state index in [-0.39, 0.29) is 18.7 Å². The number of aryl methyl sites for hydroxylation is 1. The van der Waals surface area contributed by atoms with E-state index in [4.69, 9.17) is 11.6 Å². The molecule has 1 aliphatic heterocycles. The molecule has 1 amide bonds. The number of nitrogens with zero attached hydrogens (tertiary/aromatic N) is 2. The highest BCUT2D eigenvalue weighted by molar-refractivity contribution is 6.31. The number of aromatic nitrogens is 1. The van der Waals surface area contributed by atoms with Crippen molar-refractivity contribution in [3.05, 3.63) is 94.3 Å². The number of Topliss-reactive ketones (excluding diaryl/α,β-unsaturated/α-hetero) is 1. The quantitative estimate of drug-likeness (QED) is 0.649. The van der Waals surface area contributed by atoms with E-state index in [1.165, 1.54) is 11.1 Å². The van der Waals surface area contributed by atoms with E-state index < -0.39 is 11.5 Å². The minimum Gasteiger partial charge on any atom is -0.375 e. The molecule has 5 nitrogen and oxygen atoms in total. The van der Waals surface area contributed by atoms with Crippen molar-refractivity contribution in [2.75, 3.05) is 4.90 Å². The van der Waals surface area contributed by atoms with Gasteiger partial charge >= 0.3 is 0 Å². The molecule has 0 fully saturated rings. The molecule has 1 aromatic heterocycles. The van der Waals surface area contributed by atoms with Crippen LogP contribution in [0.5, 0.6) is 0 Å². The molecule has 4 rings (SSSR count). The summed E-state index contributed by atoms with van der Waals surface area (Å²) in [6.07, 6.45) is 2.61. The first kappa shape index (κ1) is 19.3. The Balaban J connectivity index is 1.71. The van der Waals surface area contributed by atoms with Gasteiger partial charge in [0, 0.05) is 28.5 Å². The SMILES string of the molecule is Cc1ccc(CN2C(=O)[C@@](O)(CC(=O)c3cccnc3)c3cc(Cl)ccc32)cc1. The third-order valence-electron chi connectivity index (χ3n) is 5.16. The summed E-state index contributed by atoms with van der Waals surface area (Å²) in [5, 5.41) is 11.8. The van der Waals surface area contributed by atoms with Gasteiger partial charge in [-0.3, -0.25) is 14.6 Å². The summed E-state index contributed by atoms with van der Waals surface area (Å²) in [6.45, 7) is 2.28. The van der Waals surface area contributed by atoms with E-state index in [1.807, 2.05) is 31.2 Å². The van der Waals surface area contributed by atoms with Crippen LogP contribution in [0.4, 0.5) is 5.69 Å². The number of pyridine rings is 1. The Kier molecular flexibility index (Phi) is 4.94. The van der Waals surface area contributed by atoms with E-state index in [0.717, 1.165) is 11.1 Å². The fourth-order valence-electron chi connectivity index (χ4n) is 3.59. The summed E-state index contributed by atoms with van der Waals surface area (Å²) in [6, 6.07) is 16.0. The van der Waals surface area contributed by atoms with Gasteiger partial charge in [-0.25, -0.2) is 0 Å². The Bertz CT molecular complexity index is 1080. The minimum atomic E-state index is -1.97. The van der Waals surface area contributed by atoms with Gasteiger partial charge in [-0.15, -0.1) is 0 Å². The molecule has 0 radical (unpaired) electrons. The normalized spacial score (nSPS) is 18.0. The Morgan fingerprint density at radius 1 is 1.17 bits per heavy atom. The highest BCUT2D eigenvalue weighted by Crippen LogP contribution is 2.44. The lowest BCUT2D eigenvalue weighted by molar-refractivity contribution is -0.136. The average molecular weight is 407 g/mol. The second-order valence-electron chi connectivity index (χ2n) is 7.24. The number of anilines is 1. The Morgan fingerprint density at radius 2 is 1.93 bits per heavy atom. The van der Waals surface area contributed by atoms with E-state index >= 15 is 0 Å². The number of benzene rings is 2. The first-order valence-electron chi connectivity index (χ1n) is 9.21. The summed E-state index contributed by atoms with van der Waals surface area (Å²) in [5.41, 5.74) is 1.31. The molecule has 0 aliphatic carbocycles. The number of ketones is 1. The van der Waals surface area contributed by atoms with Crippen LogP contribution in [0.3, 0.4) is 0 Å². The Hall–Kier alpha value is -3.02. The average Bonchev–Trinajstić information content (AvgIpc) is 2.92. The van der Waals surface area contributed by atoms with Crippen molar-refractivity contribution in [2.45, 2.75) is 25.5 Å². The molecule has 29 heavy (non-hydrogen) atoms. The van der Waals surface area contributed by atoms with Crippen molar-refractivity contribution in [3.8, 4) is 0 Å². The fourth-order valence-corrected chi connectivity index (χ4v) is 3.76. The van der Waals surface area contributed by atoms with Gasteiger partial charge in [0.1, 0.15) is 0 Å². The standard InChI is InChI=1S/C23H19ClN2O3/c1-15-4-6-16(7-5-15)14-26-20-9-8-18(24)11-19(20)23(29,22(26)28)12-21(27)17-3-2-10-25-13-17/h2-11,13,29H,12,14H2,1H3/t23-/m1/s1. The number of fused-ring (bicyclic) bond motifs is 1. The predicted molar refractivity (Wildman–Crippen MR) is 111 cm³/mol. The van der Waals surface area contributed by atoms with Crippen LogP contribution in [0.1, 0.15) is 33.5 Å².